The zero-order valence-corrected chi connectivity index (χ0v) is 15.9. The fourth-order valence-electron chi connectivity index (χ4n) is 2.77. The van der Waals surface area contributed by atoms with Gasteiger partial charge < -0.3 is 14.2 Å². The Morgan fingerprint density at radius 3 is 1.96 bits per heavy atom. The van der Waals surface area contributed by atoms with Gasteiger partial charge in [-0.05, 0) is 43.0 Å². The topological polar surface area (TPSA) is 61.8 Å². The summed E-state index contributed by atoms with van der Waals surface area (Å²) in [6.45, 7) is 0.524. The van der Waals surface area contributed by atoms with Crippen molar-refractivity contribution < 1.29 is 23.8 Å². The average molecular weight is 370 g/mol. The summed E-state index contributed by atoms with van der Waals surface area (Å²) >= 11 is 0. The van der Waals surface area contributed by atoms with E-state index in [2.05, 4.69) is 24.3 Å². The van der Waals surface area contributed by atoms with Crippen molar-refractivity contribution in [2.75, 3.05) is 20.8 Å². The molecule has 0 N–H and O–H groups in total. The Balaban J connectivity index is 1.78. The quantitative estimate of drug-likeness (QED) is 0.457. The van der Waals surface area contributed by atoms with Crippen LogP contribution in [0.3, 0.4) is 0 Å². The third kappa shape index (κ3) is 6.77. The first kappa shape index (κ1) is 20.5. The minimum absolute atomic E-state index is 0.262. The summed E-state index contributed by atoms with van der Waals surface area (Å²) in [5.74, 6) is -0.583. The highest BCUT2D eigenvalue weighted by Crippen LogP contribution is 2.19. The lowest BCUT2D eigenvalue weighted by molar-refractivity contribution is 0.0598. The van der Waals surface area contributed by atoms with Gasteiger partial charge in [0.15, 0.2) is 0 Å². The van der Waals surface area contributed by atoms with E-state index in [1.807, 2.05) is 6.07 Å². The number of carbonyl (C=O) groups is 2. The molecule has 2 aromatic rings. The van der Waals surface area contributed by atoms with Crippen molar-refractivity contribution >= 4 is 11.9 Å². The molecule has 0 radical (unpaired) electrons. The third-order valence-electron chi connectivity index (χ3n) is 4.22. The summed E-state index contributed by atoms with van der Waals surface area (Å²) in [5.41, 5.74) is 1.89. The summed E-state index contributed by atoms with van der Waals surface area (Å²) in [7, 11) is 2.59. The van der Waals surface area contributed by atoms with Crippen LogP contribution in [-0.2, 0) is 15.9 Å². The molecule has 0 aromatic heterocycles. The van der Waals surface area contributed by atoms with E-state index in [-0.39, 0.29) is 11.1 Å². The van der Waals surface area contributed by atoms with Crippen molar-refractivity contribution in [2.45, 2.75) is 32.1 Å². The molecule has 144 valence electrons. The first-order valence-corrected chi connectivity index (χ1v) is 9.12. The summed E-state index contributed by atoms with van der Waals surface area (Å²) in [5, 5.41) is 0. The molecule has 0 amide bonds. The molecule has 0 aliphatic heterocycles. The van der Waals surface area contributed by atoms with E-state index in [4.69, 9.17) is 14.2 Å². The molecule has 0 fully saturated rings. The number of rotatable bonds is 10. The van der Waals surface area contributed by atoms with Crippen LogP contribution in [0.25, 0.3) is 0 Å². The van der Waals surface area contributed by atoms with E-state index in [1.54, 1.807) is 12.1 Å². The minimum atomic E-state index is -0.522. The van der Waals surface area contributed by atoms with Gasteiger partial charge in [0.2, 0.25) is 0 Å². The van der Waals surface area contributed by atoms with E-state index >= 15 is 0 Å². The lowest BCUT2D eigenvalue weighted by Gasteiger charge is -2.10. The Hall–Kier alpha value is -2.82. The Morgan fingerprint density at radius 2 is 1.37 bits per heavy atom. The Kier molecular flexibility index (Phi) is 8.36. The van der Waals surface area contributed by atoms with E-state index in [1.165, 1.54) is 25.8 Å². The molecule has 0 saturated carbocycles. The summed E-state index contributed by atoms with van der Waals surface area (Å²) in [4.78, 5) is 23.5. The van der Waals surface area contributed by atoms with Gasteiger partial charge in [-0.15, -0.1) is 0 Å². The largest absolute Gasteiger partial charge is 0.494 e. The van der Waals surface area contributed by atoms with E-state index in [0.717, 1.165) is 32.1 Å². The molecular weight excluding hydrogens is 344 g/mol. The van der Waals surface area contributed by atoms with Crippen LogP contribution < -0.4 is 4.74 Å². The van der Waals surface area contributed by atoms with Crippen LogP contribution in [0.1, 0.15) is 52.0 Å². The van der Waals surface area contributed by atoms with Crippen LogP contribution in [-0.4, -0.2) is 32.8 Å². The molecule has 0 bridgehead atoms. The number of esters is 2. The van der Waals surface area contributed by atoms with Gasteiger partial charge in [-0.3, -0.25) is 0 Å². The van der Waals surface area contributed by atoms with E-state index < -0.39 is 11.9 Å². The number of carbonyl (C=O) groups excluding carboxylic acids is 2. The molecular formula is C22H26O5. The van der Waals surface area contributed by atoms with Crippen molar-refractivity contribution in [2.24, 2.45) is 0 Å². The maximum Gasteiger partial charge on any atom is 0.338 e. The monoisotopic (exact) mass is 370 g/mol. The van der Waals surface area contributed by atoms with Crippen LogP contribution in [0.5, 0.6) is 5.75 Å². The highest BCUT2D eigenvalue weighted by molar-refractivity contribution is 5.96. The molecule has 0 saturated heterocycles. The Labute approximate surface area is 160 Å². The maximum absolute atomic E-state index is 11.8. The molecule has 0 spiro atoms. The Bertz CT molecular complexity index is 705. The van der Waals surface area contributed by atoms with Crippen molar-refractivity contribution in [1.82, 2.24) is 0 Å². The predicted octanol–water partition coefficient (Wildman–Crippen LogP) is 4.44. The average Bonchev–Trinajstić information content (AvgIpc) is 2.72. The van der Waals surface area contributed by atoms with E-state index in [9.17, 15) is 9.59 Å². The standard InChI is InChI=1S/C22H26O5/c1-25-21(23)18-14-19(22(24)26-2)16-20(15-18)27-13-9-4-3-6-10-17-11-7-5-8-12-17/h5,7-8,11-12,14-16H,3-4,6,9-10,13H2,1-2H3. The van der Waals surface area contributed by atoms with Crippen LogP contribution in [0.2, 0.25) is 0 Å². The number of ether oxygens (including phenoxy) is 3. The van der Waals surface area contributed by atoms with Crippen LogP contribution in [0.15, 0.2) is 48.5 Å². The SMILES string of the molecule is COC(=O)c1cc(OCCCCCCc2ccccc2)cc(C(=O)OC)c1. The van der Waals surface area contributed by atoms with Gasteiger partial charge in [-0.2, -0.15) is 0 Å². The molecule has 5 heteroatoms. The number of unbranched alkanes of at least 4 members (excludes halogenated alkanes) is 3. The highest BCUT2D eigenvalue weighted by atomic mass is 16.5. The lowest BCUT2D eigenvalue weighted by atomic mass is 10.1. The number of methoxy groups -OCH3 is 2. The molecule has 2 rings (SSSR count). The molecule has 0 aliphatic rings. The van der Waals surface area contributed by atoms with Gasteiger partial charge in [-0.1, -0.05) is 43.2 Å². The number of aryl methyl sites for hydroxylation is 1. The van der Waals surface area contributed by atoms with Crippen LogP contribution in [0, 0.1) is 0 Å². The fraction of sp³-hybridized carbons (Fsp3) is 0.364. The van der Waals surface area contributed by atoms with Gasteiger partial charge in [0.05, 0.1) is 32.0 Å². The summed E-state index contributed by atoms with van der Waals surface area (Å²) < 4.78 is 15.2. The van der Waals surface area contributed by atoms with Crippen molar-refractivity contribution in [3.63, 3.8) is 0 Å². The predicted molar refractivity (Wildman–Crippen MR) is 103 cm³/mol. The highest BCUT2D eigenvalue weighted by Gasteiger charge is 2.14. The lowest BCUT2D eigenvalue weighted by Crippen LogP contribution is -2.08. The minimum Gasteiger partial charge on any atom is -0.494 e. The molecule has 27 heavy (non-hydrogen) atoms. The van der Waals surface area contributed by atoms with Gasteiger partial charge in [0.1, 0.15) is 5.75 Å². The third-order valence-corrected chi connectivity index (χ3v) is 4.22. The van der Waals surface area contributed by atoms with Gasteiger partial charge in [-0.25, -0.2) is 9.59 Å². The Morgan fingerprint density at radius 1 is 0.778 bits per heavy atom. The molecule has 0 unspecified atom stereocenters. The number of hydrogen-bond acceptors (Lipinski definition) is 5. The van der Waals surface area contributed by atoms with Crippen molar-refractivity contribution in [3.8, 4) is 5.75 Å². The van der Waals surface area contributed by atoms with Gasteiger partial charge >= 0.3 is 11.9 Å². The zero-order valence-electron chi connectivity index (χ0n) is 15.9. The van der Waals surface area contributed by atoms with Crippen LogP contribution in [0.4, 0.5) is 0 Å². The summed E-state index contributed by atoms with van der Waals surface area (Å²) in [6.07, 6.45) is 5.34. The molecule has 0 heterocycles. The van der Waals surface area contributed by atoms with Crippen molar-refractivity contribution in [1.29, 1.82) is 0 Å². The second kappa shape index (κ2) is 11.0. The first-order valence-electron chi connectivity index (χ1n) is 9.12. The molecule has 0 atom stereocenters. The normalized spacial score (nSPS) is 10.3. The molecule has 0 aliphatic carbocycles. The number of hydrogen-bond donors (Lipinski definition) is 0. The molecule has 5 nitrogen and oxygen atoms in total. The first-order chi connectivity index (χ1) is 13.1. The smallest absolute Gasteiger partial charge is 0.338 e. The van der Waals surface area contributed by atoms with Gasteiger partial charge in [0.25, 0.3) is 0 Å². The van der Waals surface area contributed by atoms with Crippen molar-refractivity contribution in [3.05, 3.63) is 65.2 Å². The fourth-order valence-corrected chi connectivity index (χ4v) is 2.77. The number of benzene rings is 2. The second-order valence-corrected chi connectivity index (χ2v) is 6.23. The van der Waals surface area contributed by atoms with Crippen LogP contribution >= 0.6 is 0 Å². The van der Waals surface area contributed by atoms with Gasteiger partial charge in [0, 0.05) is 0 Å². The molecule has 2 aromatic carbocycles. The van der Waals surface area contributed by atoms with E-state index in [0.29, 0.717) is 12.4 Å². The second-order valence-electron chi connectivity index (χ2n) is 6.23. The zero-order chi connectivity index (χ0) is 19.5. The maximum atomic E-state index is 11.8. The summed E-state index contributed by atoms with van der Waals surface area (Å²) in [6, 6.07) is 15.0.